The number of aromatic hydroxyl groups is 3. The molecule has 0 atom stereocenters. The van der Waals surface area contributed by atoms with Crippen molar-refractivity contribution in [2.45, 2.75) is 0 Å². The number of phenols is 3. The Morgan fingerprint density at radius 3 is 0.795 bits per heavy atom. The van der Waals surface area contributed by atoms with Gasteiger partial charge in [0.15, 0.2) is 0 Å². The summed E-state index contributed by atoms with van der Waals surface area (Å²) < 4.78 is 0. The molecule has 0 saturated heterocycles. The summed E-state index contributed by atoms with van der Waals surface area (Å²) in [5, 5.41) is 35.8. The van der Waals surface area contributed by atoms with Gasteiger partial charge in [-0.2, -0.15) is 0 Å². The van der Waals surface area contributed by atoms with Crippen molar-refractivity contribution in [3.63, 3.8) is 0 Å². The fourth-order valence-electron chi connectivity index (χ4n) is 5.37. The molecule has 0 heterocycles. The van der Waals surface area contributed by atoms with Crippen LogP contribution in [-0.4, -0.2) is 15.3 Å². The van der Waals surface area contributed by atoms with Crippen LogP contribution in [0.3, 0.4) is 0 Å². The third kappa shape index (κ3) is 4.30. The highest BCUT2D eigenvalue weighted by Crippen LogP contribution is 2.36. The van der Waals surface area contributed by atoms with Crippen molar-refractivity contribution in [2.75, 3.05) is 0 Å². The van der Waals surface area contributed by atoms with E-state index < -0.39 is 0 Å². The first-order valence-corrected chi connectivity index (χ1v) is 12.8. The smallest absolute Gasteiger partial charge is 0.116 e. The number of hydrogen-bond donors (Lipinski definition) is 3. The number of benzene rings is 7. The van der Waals surface area contributed by atoms with Crippen LogP contribution in [0, 0.1) is 0 Å². The fourth-order valence-corrected chi connectivity index (χ4v) is 5.37. The minimum Gasteiger partial charge on any atom is -0.508 e. The van der Waals surface area contributed by atoms with E-state index in [0.717, 1.165) is 65.7 Å². The molecule has 0 fully saturated rings. The van der Waals surface area contributed by atoms with Crippen LogP contribution in [0.4, 0.5) is 0 Å². The lowest BCUT2D eigenvalue weighted by molar-refractivity contribution is 0.475. The molecule has 0 saturated carbocycles. The van der Waals surface area contributed by atoms with Crippen LogP contribution in [0.2, 0.25) is 0 Å². The normalized spacial score (nSPS) is 11.4. The topological polar surface area (TPSA) is 60.7 Å². The first kappa shape index (κ1) is 22.9. The summed E-state index contributed by atoms with van der Waals surface area (Å²) in [5.41, 5.74) is 6.55. The van der Waals surface area contributed by atoms with E-state index in [4.69, 9.17) is 0 Å². The Kier molecular flexibility index (Phi) is 5.24. The molecule has 0 radical (unpaired) electrons. The lowest BCUT2D eigenvalue weighted by Crippen LogP contribution is -1.87. The summed E-state index contributed by atoms with van der Waals surface area (Å²) in [6.07, 6.45) is 0. The van der Waals surface area contributed by atoms with Crippen molar-refractivity contribution < 1.29 is 15.3 Å². The third-order valence-corrected chi connectivity index (χ3v) is 7.40. The molecule has 7 aromatic carbocycles. The van der Waals surface area contributed by atoms with Crippen molar-refractivity contribution in [3.05, 3.63) is 127 Å². The zero-order valence-corrected chi connectivity index (χ0v) is 21.0. The van der Waals surface area contributed by atoms with Gasteiger partial charge in [0, 0.05) is 0 Å². The highest BCUT2D eigenvalue weighted by molar-refractivity contribution is 5.94. The predicted molar refractivity (Wildman–Crippen MR) is 160 cm³/mol. The Morgan fingerprint density at radius 2 is 0.487 bits per heavy atom. The van der Waals surface area contributed by atoms with Gasteiger partial charge in [0.1, 0.15) is 17.2 Å². The largest absolute Gasteiger partial charge is 0.508 e. The maximum absolute atomic E-state index is 9.89. The van der Waals surface area contributed by atoms with Gasteiger partial charge in [0.2, 0.25) is 0 Å². The SMILES string of the molecule is Oc1ccc2cc(-c3cc(-c4ccc5cc(O)ccc5c4)cc(-c4ccc5cc(O)ccc5c4)c3)ccc2c1. The van der Waals surface area contributed by atoms with Crippen LogP contribution < -0.4 is 0 Å². The van der Waals surface area contributed by atoms with Gasteiger partial charge in [-0.05, 0) is 138 Å². The Balaban J connectivity index is 1.43. The molecule has 0 bridgehead atoms. The van der Waals surface area contributed by atoms with Crippen LogP contribution in [0.25, 0.3) is 65.7 Å². The Bertz CT molecular complexity index is 1810. The van der Waals surface area contributed by atoms with Gasteiger partial charge in [0.05, 0.1) is 0 Å². The van der Waals surface area contributed by atoms with Gasteiger partial charge >= 0.3 is 0 Å². The fraction of sp³-hybridized carbons (Fsp3) is 0. The van der Waals surface area contributed by atoms with Crippen LogP contribution in [0.15, 0.2) is 127 Å². The second-order valence-electron chi connectivity index (χ2n) is 10.0. The lowest BCUT2D eigenvalue weighted by atomic mass is 9.91. The van der Waals surface area contributed by atoms with E-state index in [1.165, 1.54) is 0 Å². The quantitative estimate of drug-likeness (QED) is 0.225. The second kappa shape index (κ2) is 8.93. The zero-order valence-electron chi connectivity index (χ0n) is 21.0. The molecular weight excluding hydrogens is 480 g/mol. The van der Waals surface area contributed by atoms with Gasteiger partial charge in [-0.3, -0.25) is 0 Å². The van der Waals surface area contributed by atoms with Crippen LogP contribution in [0.5, 0.6) is 17.2 Å². The molecule has 7 aromatic rings. The van der Waals surface area contributed by atoms with Crippen molar-refractivity contribution in [1.29, 1.82) is 0 Å². The van der Waals surface area contributed by atoms with Crippen molar-refractivity contribution in [3.8, 4) is 50.6 Å². The number of rotatable bonds is 3. The third-order valence-electron chi connectivity index (χ3n) is 7.40. The Hall–Kier alpha value is -5.28. The summed E-state index contributed by atoms with van der Waals surface area (Å²) in [5.74, 6) is 0.774. The van der Waals surface area contributed by atoms with E-state index in [-0.39, 0.29) is 17.2 Å². The first-order chi connectivity index (χ1) is 19.0. The number of phenolic OH excluding ortho intramolecular Hbond substituents is 3. The molecule has 0 spiro atoms. The summed E-state index contributed by atoms with van der Waals surface area (Å²) in [7, 11) is 0. The van der Waals surface area contributed by atoms with E-state index >= 15 is 0 Å². The van der Waals surface area contributed by atoms with Gasteiger partial charge in [0.25, 0.3) is 0 Å². The average molecular weight is 505 g/mol. The van der Waals surface area contributed by atoms with E-state index in [9.17, 15) is 15.3 Å². The Labute approximate surface area is 225 Å². The molecule has 0 aliphatic carbocycles. The van der Waals surface area contributed by atoms with E-state index in [1.807, 2.05) is 36.4 Å². The van der Waals surface area contributed by atoms with Gasteiger partial charge in [-0.25, -0.2) is 0 Å². The van der Waals surface area contributed by atoms with Crippen LogP contribution in [-0.2, 0) is 0 Å². The molecule has 186 valence electrons. The van der Waals surface area contributed by atoms with Crippen LogP contribution in [0.1, 0.15) is 0 Å². The van der Waals surface area contributed by atoms with Gasteiger partial charge < -0.3 is 15.3 Å². The summed E-state index contributed by atoms with van der Waals surface area (Å²) >= 11 is 0. The van der Waals surface area contributed by atoms with E-state index in [0.29, 0.717) is 0 Å². The molecule has 0 aliphatic heterocycles. The van der Waals surface area contributed by atoms with Crippen LogP contribution >= 0.6 is 0 Å². The maximum atomic E-state index is 9.89. The van der Waals surface area contributed by atoms with Gasteiger partial charge in [-0.1, -0.05) is 54.6 Å². The standard InChI is InChI=1S/C36H24O3/c37-34-10-7-22-13-25(1-4-28(22)19-34)31-16-32(26-2-5-29-20-35(38)11-8-23(29)14-26)18-33(17-31)27-3-6-30-21-36(39)12-9-24(30)15-27/h1-21,37-39H. The number of fused-ring (bicyclic) bond motifs is 3. The number of hydrogen-bond acceptors (Lipinski definition) is 3. The first-order valence-electron chi connectivity index (χ1n) is 12.8. The molecule has 0 aromatic heterocycles. The molecule has 0 unspecified atom stereocenters. The second-order valence-corrected chi connectivity index (χ2v) is 10.0. The molecule has 7 rings (SSSR count). The molecular formula is C36H24O3. The summed E-state index contributed by atoms with van der Waals surface area (Å²) in [6.45, 7) is 0. The highest BCUT2D eigenvalue weighted by atomic mass is 16.3. The Morgan fingerprint density at radius 1 is 0.231 bits per heavy atom. The minimum atomic E-state index is 0.258. The van der Waals surface area contributed by atoms with Crippen molar-refractivity contribution in [1.82, 2.24) is 0 Å². The summed E-state index contributed by atoms with van der Waals surface area (Å²) in [6, 6.07) is 41.8. The van der Waals surface area contributed by atoms with Crippen molar-refractivity contribution >= 4 is 32.3 Å². The predicted octanol–water partition coefficient (Wildman–Crippen LogP) is 9.26. The lowest BCUT2D eigenvalue weighted by Gasteiger charge is -2.13. The minimum absolute atomic E-state index is 0.258. The average Bonchev–Trinajstić information content (AvgIpc) is 2.96. The molecule has 3 nitrogen and oxygen atoms in total. The zero-order chi connectivity index (χ0) is 26.5. The summed E-state index contributed by atoms with van der Waals surface area (Å²) in [4.78, 5) is 0. The molecule has 39 heavy (non-hydrogen) atoms. The highest BCUT2D eigenvalue weighted by Gasteiger charge is 2.10. The van der Waals surface area contributed by atoms with Gasteiger partial charge in [-0.15, -0.1) is 0 Å². The van der Waals surface area contributed by atoms with E-state index in [2.05, 4.69) is 54.6 Å². The molecule has 3 heteroatoms. The monoisotopic (exact) mass is 504 g/mol. The van der Waals surface area contributed by atoms with E-state index in [1.54, 1.807) is 36.4 Å². The maximum Gasteiger partial charge on any atom is 0.116 e. The van der Waals surface area contributed by atoms with Crippen molar-refractivity contribution in [2.24, 2.45) is 0 Å². The molecule has 3 N–H and O–H groups in total. The molecule has 0 amide bonds. The molecule has 0 aliphatic rings.